The van der Waals surface area contributed by atoms with Gasteiger partial charge < -0.3 is 14.4 Å². The van der Waals surface area contributed by atoms with Crippen LogP contribution in [0.1, 0.15) is 6.42 Å². The van der Waals surface area contributed by atoms with Crippen molar-refractivity contribution in [3.63, 3.8) is 0 Å². The van der Waals surface area contributed by atoms with Gasteiger partial charge in [0, 0.05) is 38.4 Å². The topological polar surface area (TPSA) is 59.1 Å². The average molecular weight is 320 g/mol. The van der Waals surface area contributed by atoms with E-state index >= 15 is 0 Å². The minimum Gasteiger partial charge on any atom is -0.469 e. The van der Waals surface area contributed by atoms with Gasteiger partial charge in [-0.05, 0) is 12.1 Å². The molecule has 23 heavy (non-hydrogen) atoms. The van der Waals surface area contributed by atoms with E-state index < -0.39 is 5.92 Å². The van der Waals surface area contributed by atoms with E-state index in [0.29, 0.717) is 6.54 Å². The number of hydrogen-bond donors (Lipinski definition) is 0. The Kier molecular flexibility index (Phi) is 6.40. The molecular formula is C17H24N2O4. The summed E-state index contributed by atoms with van der Waals surface area (Å²) < 4.78 is 9.47. The number of carbonyl (C=O) groups excluding carboxylic acids is 2. The summed E-state index contributed by atoms with van der Waals surface area (Å²) in [6.45, 7) is 4.02. The molecule has 6 heteroatoms. The summed E-state index contributed by atoms with van der Waals surface area (Å²) in [5.74, 6) is -1.22. The van der Waals surface area contributed by atoms with Crippen molar-refractivity contribution in [2.24, 2.45) is 5.92 Å². The van der Waals surface area contributed by atoms with Gasteiger partial charge in [-0.25, -0.2) is 0 Å². The molecule has 1 unspecified atom stereocenters. The Morgan fingerprint density at radius 2 is 1.70 bits per heavy atom. The molecule has 1 atom stereocenters. The molecule has 126 valence electrons. The van der Waals surface area contributed by atoms with Crippen LogP contribution in [-0.4, -0.2) is 63.8 Å². The summed E-state index contributed by atoms with van der Waals surface area (Å²) in [4.78, 5) is 27.8. The number of piperazine rings is 1. The van der Waals surface area contributed by atoms with E-state index in [4.69, 9.17) is 4.74 Å². The van der Waals surface area contributed by atoms with Gasteiger partial charge in [0.05, 0.1) is 26.6 Å². The number of carbonyl (C=O) groups is 2. The lowest BCUT2D eigenvalue weighted by Crippen LogP contribution is -2.48. The van der Waals surface area contributed by atoms with Gasteiger partial charge in [0.2, 0.25) is 0 Å². The second-order valence-electron chi connectivity index (χ2n) is 5.62. The first-order valence-electron chi connectivity index (χ1n) is 7.81. The van der Waals surface area contributed by atoms with Gasteiger partial charge in [-0.3, -0.25) is 14.5 Å². The Morgan fingerprint density at radius 3 is 2.26 bits per heavy atom. The van der Waals surface area contributed by atoms with Gasteiger partial charge >= 0.3 is 11.9 Å². The molecule has 0 aromatic heterocycles. The van der Waals surface area contributed by atoms with Crippen LogP contribution >= 0.6 is 0 Å². The van der Waals surface area contributed by atoms with E-state index in [1.54, 1.807) is 0 Å². The third-order valence-electron chi connectivity index (χ3n) is 4.15. The zero-order valence-electron chi connectivity index (χ0n) is 13.7. The second-order valence-corrected chi connectivity index (χ2v) is 5.62. The number of ether oxygens (including phenoxy) is 2. The fourth-order valence-electron chi connectivity index (χ4n) is 2.81. The first kappa shape index (κ1) is 17.3. The fourth-order valence-corrected chi connectivity index (χ4v) is 2.81. The predicted molar refractivity (Wildman–Crippen MR) is 87.2 cm³/mol. The SMILES string of the molecule is COC(=O)CC(CN1CCN(c2ccccc2)CC1)C(=O)OC. The number of para-hydroxylation sites is 1. The summed E-state index contributed by atoms with van der Waals surface area (Å²) >= 11 is 0. The van der Waals surface area contributed by atoms with Gasteiger partial charge in [-0.2, -0.15) is 0 Å². The van der Waals surface area contributed by atoms with Crippen molar-refractivity contribution in [1.82, 2.24) is 4.90 Å². The van der Waals surface area contributed by atoms with Crippen LogP contribution < -0.4 is 4.90 Å². The quantitative estimate of drug-likeness (QED) is 0.733. The van der Waals surface area contributed by atoms with Crippen LogP contribution in [0, 0.1) is 5.92 Å². The Bertz CT molecular complexity index is 513. The lowest BCUT2D eigenvalue weighted by molar-refractivity contribution is -0.152. The summed E-state index contributed by atoms with van der Waals surface area (Å²) in [6, 6.07) is 10.3. The van der Waals surface area contributed by atoms with Crippen molar-refractivity contribution in [2.75, 3.05) is 51.8 Å². The summed E-state index contributed by atoms with van der Waals surface area (Å²) in [5, 5.41) is 0. The number of hydrogen-bond acceptors (Lipinski definition) is 6. The van der Waals surface area contributed by atoms with Gasteiger partial charge in [0.15, 0.2) is 0 Å². The summed E-state index contributed by atoms with van der Waals surface area (Å²) in [5.41, 5.74) is 1.21. The van der Waals surface area contributed by atoms with Gasteiger partial charge in [-0.15, -0.1) is 0 Å². The normalized spacial score (nSPS) is 16.7. The van der Waals surface area contributed by atoms with Gasteiger partial charge in [0.25, 0.3) is 0 Å². The highest BCUT2D eigenvalue weighted by molar-refractivity contribution is 5.80. The maximum atomic E-state index is 11.9. The number of nitrogens with zero attached hydrogens (tertiary/aromatic N) is 2. The maximum Gasteiger partial charge on any atom is 0.310 e. The van der Waals surface area contributed by atoms with E-state index in [2.05, 4.69) is 26.7 Å². The van der Waals surface area contributed by atoms with Crippen LogP contribution in [0.15, 0.2) is 30.3 Å². The Balaban J connectivity index is 1.88. The minimum absolute atomic E-state index is 0.0576. The lowest BCUT2D eigenvalue weighted by atomic mass is 10.0. The standard InChI is InChI=1S/C17H24N2O4/c1-22-16(20)12-14(17(21)23-2)13-18-8-10-19(11-9-18)15-6-4-3-5-7-15/h3-7,14H,8-13H2,1-2H3. The highest BCUT2D eigenvalue weighted by atomic mass is 16.5. The molecule has 1 fully saturated rings. The smallest absolute Gasteiger partial charge is 0.310 e. The minimum atomic E-state index is -0.476. The molecular weight excluding hydrogens is 296 g/mol. The maximum absolute atomic E-state index is 11.9. The van der Waals surface area contributed by atoms with Crippen LogP contribution in [0.5, 0.6) is 0 Å². The molecule has 0 N–H and O–H groups in total. The number of esters is 2. The van der Waals surface area contributed by atoms with Crippen LogP contribution in [0.2, 0.25) is 0 Å². The summed E-state index contributed by atoms with van der Waals surface area (Å²) in [6.07, 6.45) is 0.0576. The highest BCUT2D eigenvalue weighted by Gasteiger charge is 2.27. The van der Waals surface area contributed by atoms with E-state index in [1.807, 2.05) is 18.2 Å². The summed E-state index contributed by atoms with van der Waals surface area (Å²) in [7, 11) is 2.68. The third kappa shape index (κ3) is 4.96. The molecule has 1 aromatic carbocycles. The van der Waals surface area contributed by atoms with Crippen molar-refractivity contribution in [1.29, 1.82) is 0 Å². The molecule has 0 amide bonds. The van der Waals surface area contributed by atoms with Crippen LogP contribution in [0.3, 0.4) is 0 Å². The van der Waals surface area contributed by atoms with Crippen molar-refractivity contribution in [3.05, 3.63) is 30.3 Å². The molecule has 1 aliphatic heterocycles. The zero-order chi connectivity index (χ0) is 16.7. The molecule has 1 heterocycles. The average Bonchev–Trinajstić information content (AvgIpc) is 2.61. The molecule has 0 aliphatic carbocycles. The first-order valence-corrected chi connectivity index (χ1v) is 7.81. The molecule has 2 rings (SSSR count). The molecule has 1 aromatic rings. The number of rotatable bonds is 6. The first-order chi connectivity index (χ1) is 11.1. The van der Waals surface area contributed by atoms with Crippen molar-refractivity contribution in [3.8, 4) is 0 Å². The number of benzene rings is 1. The van der Waals surface area contributed by atoms with Crippen molar-refractivity contribution < 1.29 is 19.1 Å². The molecule has 0 saturated carbocycles. The molecule has 0 spiro atoms. The van der Waals surface area contributed by atoms with E-state index in [9.17, 15) is 9.59 Å². The zero-order valence-corrected chi connectivity index (χ0v) is 13.7. The van der Waals surface area contributed by atoms with Gasteiger partial charge in [-0.1, -0.05) is 18.2 Å². The third-order valence-corrected chi connectivity index (χ3v) is 4.15. The van der Waals surface area contributed by atoms with E-state index in [0.717, 1.165) is 26.2 Å². The van der Waals surface area contributed by atoms with Crippen LogP contribution in [0.4, 0.5) is 5.69 Å². The Morgan fingerprint density at radius 1 is 1.04 bits per heavy atom. The predicted octanol–water partition coefficient (Wildman–Crippen LogP) is 1.16. The van der Waals surface area contributed by atoms with Crippen LogP contribution in [0.25, 0.3) is 0 Å². The van der Waals surface area contributed by atoms with E-state index in [1.165, 1.54) is 19.9 Å². The van der Waals surface area contributed by atoms with E-state index in [-0.39, 0.29) is 18.4 Å². The fraction of sp³-hybridized carbons (Fsp3) is 0.529. The molecule has 6 nitrogen and oxygen atoms in total. The number of methoxy groups -OCH3 is 2. The molecule has 1 aliphatic rings. The Hall–Kier alpha value is -2.08. The van der Waals surface area contributed by atoms with Gasteiger partial charge in [0.1, 0.15) is 0 Å². The molecule has 0 radical (unpaired) electrons. The Labute approximate surface area is 137 Å². The molecule has 1 saturated heterocycles. The van der Waals surface area contributed by atoms with Crippen molar-refractivity contribution in [2.45, 2.75) is 6.42 Å². The number of anilines is 1. The lowest BCUT2D eigenvalue weighted by Gasteiger charge is -2.37. The molecule has 0 bridgehead atoms. The second kappa shape index (κ2) is 8.53. The largest absolute Gasteiger partial charge is 0.469 e. The van der Waals surface area contributed by atoms with Crippen molar-refractivity contribution >= 4 is 17.6 Å². The van der Waals surface area contributed by atoms with Crippen LogP contribution in [-0.2, 0) is 19.1 Å². The highest BCUT2D eigenvalue weighted by Crippen LogP contribution is 2.17. The monoisotopic (exact) mass is 320 g/mol.